The van der Waals surface area contributed by atoms with E-state index in [4.69, 9.17) is 9.52 Å². The molecule has 1 aromatic heterocycles. The fourth-order valence-corrected chi connectivity index (χ4v) is 4.82. The zero-order valence-electron chi connectivity index (χ0n) is 14.7. The molecular weight excluding hydrogens is 302 g/mol. The van der Waals surface area contributed by atoms with Gasteiger partial charge < -0.3 is 14.7 Å². The van der Waals surface area contributed by atoms with Crippen LogP contribution in [0.15, 0.2) is 21.8 Å². The van der Waals surface area contributed by atoms with Crippen molar-refractivity contribution in [1.29, 1.82) is 0 Å². The molecule has 1 aromatic rings. The third-order valence-corrected chi connectivity index (χ3v) is 6.00. The largest absolute Gasteiger partial charge is 0.364 e. The molecule has 3 unspecified atom stereocenters. The van der Waals surface area contributed by atoms with Gasteiger partial charge in [0.15, 0.2) is 5.96 Å². The summed E-state index contributed by atoms with van der Waals surface area (Å²) >= 11 is 0. The standard InChI is InChI=1S/C18H29N5O/c1-2-19-18(20-13-16-5-10-24-21-16)23-8-6-22(7-9-23)17-12-14-3-4-15(17)11-14/h5,10,14-15,17H,2-4,6-9,11-13H2,1H3,(H,19,20). The smallest absolute Gasteiger partial charge is 0.194 e. The maximum atomic E-state index is 4.89. The Morgan fingerprint density at radius 1 is 1.29 bits per heavy atom. The number of hydrogen-bond acceptors (Lipinski definition) is 4. The van der Waals surface area contributed by atoms with Crippen molar-refractivity contribution >= 4 is 5.96 Å². The van der Waals surface area contributed by atoms with Gasteiger partial charge in [0.1, 0.15) is 12.0 Å². The molecular formula is C18H29N5O. The van der Waals surface area contributed by atoms with Crippen LogP contribution in [0.2, 0.25) is 0 Å². The molecule has 1 N–H and O–H groups in total. The zero-order valence-corrected chi connectivity index (χ0v) is 14.7. The van der Waals surface area contributed by atoms with E-state index in [-0.39, 0.29) is 0 Å². The molecule has 0 spiro atoms. The number of aromatic nitrogens is 1. The van der Waals surface area contributed by atoms with Crippen LogP contribution in [0.3, 0.4) is 0 Å². The molecule has 1 aliphatic heterocycles. The topological polar surface area (TPSA) is 56.9 Å². The first kappa shape index (κ1) is 15.9. The molecule has 132 valence electrons. The molecule has 24 heavy (non-hydrogen) atoms. The molecule has 2 aliphatic carbocycles. The summed E-state index contributed by atoms with van der Waals surface area (Å²) in [7, 11) is 0. The van der Waals surface area contributed by atoms with Gasteiger partial charge in [-0.25, -0.2) is 4.99 Å². The van der Waals surface area contributed by atoms with Gasteiger partial charge in [-0.3, -0.25) is 4.90 Å². The zero-order chi connectivity index (χ0) is 16.4. The Balaban J connectivity index is 1.33. The quantitative estimate of drug-likeness (QED) is 0.675. The Kier molecular flexibility index (Phi) is 4.74. The first-order chi connectivity index (χ1) is 11.8. The van der Waals surface area contributed by atoms with Crippen LogP contribution >= 0.6 is 0 Å². The van der Waals surface area contributed by atoms with Gasteiger partial charge in [-0.15, -0.1) is 0 Å². The van der Waals surface area contributed by atoms with Crippen LogP contribution in [0.5, 0.6) is 0 Å². The molecule has 0 aromatic carbocycles. The van der Waals surface area contributed by atoms with Crippen molar-refractivity contribution in [3.8, 4) is 0 Å². The van der Waals surface area contributed by atoms with Crippen molar-refractivity contribution in [2.24, 2.45) is 16.8 Å². The molecule has 0 amide bonds. The molecule has 6 nitrogen and oxygen atoms in total. The third kappa shape index (κ3) is 3.29. The highest BCUT2D eigenvalue weighted by atomic mass is 16.5. The number of guanidine groups is 1. The number of hydrogen-bond donors (Lipinski definition) is 1. The van der Waals surface area contributed by atoms with E-state index >= 15 is 0 Å². The van der Waals surface area contributed by atoms with Crippen molar-refractivity contribution in [2.45, 2.75) is 45.2 Å². The first-order valence-corrected chi connectivity index (χ1v) is 9.50. The number of aliphatic imine (C=N–C) groups is 1. The molecule has 0 radical (unpaired) electrons. The second kappa shape index (κ2) is 7.13. The molecule has 2 bridgehead atoms. The Labute approximate surface area is 144 Å². The Bertz CT molecular complexity index is 550. The minimum atomic E-state index is 0.575. The van der Waals surface area contributed by atoms with Crippen LogP contribution in [-0.2, 0) is 6.54 Å². The lowest BCUT2D eigenvalue weighted by molar-refractivity contribution is 0.0958. The van der Waals surface area contributed by atoms with Crippen molar-refractivity contribution in [2.75, 3.05) is 32.7 Å². The highest BCUT2D eigenvalue weighted by molar-refractivity contribution is 5.80. The lowest BCUT2D eigenvalue weighted by Crippen LogP contribution is -2.55. The number of fused-ring (bicyclic) bond motifs is 2. The summed E-state index contributed by atoms with van der Waals surface area (Å²) in [5.41, 5.74) is 0.881. The number of nitrogens with zero attached hydrogens (tertiary/aromatic N) is 4. The fraction of sp³-hybridized carbons (Fsp3) is 0.778. The minimum absolute atomic E-state index is 0.575. The van der Waals surface area contributed by atoms with Gasteiger partial charge in [0, 0.05) is 44.8 Å². The average Bonchev–Trinajstić information content (AvgIpc) is 3.36. The summed E-state index contributed by atoms with van der Waals surface area (Å²) in [6, 6.07) is 2.74. The highest BCUT2D eigenvalue weighted by Gasteiger charge is 2.42. The van der Waals surface area contributed by atoms with Gasteiger partial charge in [-0.1, -0.05) is 11.6 Å². The molecule has 3 aliphatic rings. The fourth-order valence-electron chi connectivity index (χ4n) is 4.82. The maximum absolute atomic E-state index is 4.89. The van der Waals surface area contributed by atoms with Gasteiger partial charge in [-0.2, -0.15) is 0 Å². The van der Waals surface area contributed by atoms with E-state index in [2.05, 4.69) is 27.2 Å². The second-order valence-electron chi connectivity index (χ2n) is 7.43. The van der Waals surface area contributed by atoms with Crippen molar-refractivity contribution in [3.63, 3.8) is 0 Å². The van der Waals surface area contributed by atoms with E-state index in [9.17, 15) is 0 Å². The predicted molar refractivity (Wildman–Crippen MR) is 93.7 cm³/mol. The lowest BCUT2D eigenvalue weighted by atomic mass is 9.93. The summed E-state index contributed by atoms with van der Waals surface area (Å²) in [6.45, 7) is 8.06. The van der Waals surface area contributed by atoms with E-state index < -0.39 is 0 Å². The third-order valence-electron chi connectivity index (χ3n) is 6.00. The van der Waals surface area contributed by atoms with Crippen LogP contribution in [0.1, 0.15) is 38.3 Å². The Hall–Kier alpha value is -1.56. The number of nitrogens with one attached hydrogen (secondary N) is 1. The normalized spacial score (nSPS) is 31.0. The summed E-state index contributed by atoms with van der Waals surface area (Å²) in [4.78, 5) is 9.88. The number of rotatable bonds is 4. The van der Waals surface area contributed by atoms with Gasteiger partial charge >= 0.3 is 0 Å². The molecule has 3 fully saturated rings. The predicted octanol–water partition coefficient (Wildman–Crippen LogP) is 1.95. The molecule has 1 saturated heterocycles. The highest BCUT2D eigenvalue weighted by Crippen LogP contribution is 2.46. The van der Waals surface area contributed by atoms with Gasteiger partial charge in [-0.05, 0) is 38.0 Å². The average molecular weight is 331 g/mol. The van der Waals surface area contributed by atoms with E-state index in [0.717, 1.165) is 49.2 Å². The first-order valence-electron chi connectivity index (χ1n) is 9.50. The summed E-state index contributed by atoms with van der Waals surface area (Å²) in [6.07, 6.45) is 7.50. The summed E-state index contributed by atoms with van der Waals surface area (Å²) in [5, 5.41) is 7.37. The lowest BCUT2D eigenvalue weighted by Gasteiger charge is -2.42. The second-order valence-corrected chi connectivity index (χ2v) is 7.43. The monoisotopic (exact) mass is 331 g/mol. The van der Waals surface area contributed by atoms with E-state index in [1.165, 1.54) is 38.8 Å². The van der Waals surface area contributed by atoms with Crippen LogP contribution < -0.4 is 5.32 Å². The van der Waals surface area contributed by atoms with Gasteiger partial charge in [0.2, 0.25) is 0 Å². The van der Waals surface area contributed by atoms with Crippen molar-refractivity contribution in [1.82, 2.24) is 20.3 Å². The van der Waals surface area contributed by atoms with Crippen LogP contribution in [0.25, 0.3) is 0 Å². The number of piperazine rings is 1. The molecule has 4 rings (SSSR count). The Morgan fingerprint density at radius 2 is 2.17 bits per heavy atom. The van der Waals surface area contributed by atoms with E-state index in [1.54, 1.807) is 6.26 Å². The van der Waals surface area contributed by atoms with E-state index in [0.29, 0.717) is 6.54 Å². The molecule has 2 heterocycles. The van der Waals surface area contributed by atoms with Crippen LogP contribution in [0.4, 0.5) is 0 Å². The summed E-state index contributed by atoms with van der Waals surface area (Å²) in [5.74, 6) is 3.02. The maximum Gasteiger partial charge on any atom is 0.194 e. The van der Waals surface area contributed by atoms with Crippen molar-refractivity contribution < 1.29 is 4.52 Å². The molecule has 2 saturated carbocycles. The van der Waals surface area contributed by atoms with E-state index in [1.807, 2.05) is 6.07 Å². The van der Waals surface area contributed by atoms with Crippen LogP contribution in [-0.4, -0.2) is 59.7 Å². The summed E-state index contributed by atoms with van der Waals surface area (Å²) < 4.78 is 4.89. The minimum Gasteiger partial charge on any atom is -0.364 e. The Morgan fingerprint density at radius 3 is 2.79 bits per heavy atom. The molecule has 6 heteroatoms. The SMILES string of the molecule is CCNC(=NCc1ccon1)N1CCN(C2CC3CCC2C3)CC1. The van der Waals surface area contributed by atoms with Crippen molar-refractivity contribution in [3.05, 3.63) is 18.0 Å². The van der Waals surface area contributed by atoms with Crippen LogP contribution in [0, 0.1) is 11.8 Å². The van der Waals surface area contributed by atoms with Gasteiger partial charge in [0.05, 0.1) is 6.54 Å². The van der Waals surface area contributed by atoms with Gasteiger partial charge in [0.25, 0.3) is 0 Å². The molecule has 3 atom stereocenters.